The summed E-state index contributed by atoms with van der Waals surface area (Å²) in [5, 5.41) is 2.96. The van der Waals surface area contributed by atoms with E-state index in [2.05, 4.69) is 10.3 Å². The second-order valence-corrected chi connectivity index (χ2v) is 9.01. The fraction of sp³-hybridized carbons (Fsp3) is 0.583. The minimum absolute atomic E-state index is 0.0504. The van der Waals surface area contributed by atoms with Crippen LogP contribution in [0.5, 0.6) is 0 Å². The van der Waals surface area contributed by atoms with Crippen molar-refractivity contribution in [3.63, 3.8) is 0 Å². The lowest BCUT2D eigenvalue weighted by Crippen LogP contribution is -2.32. The van der Waals surface area contributed by atoms with E-state index < -0.39 is 19.9 Å². The van der Waals surface area contributed by atoms with Crippen LogP contribution in [-0.4, -0.2) is 58.3 Å². The summed E-state index contributed by atoms with van der Waals surface area (Å²) in [6.45, 7) is 2.47. The molecule has 1 rings (SSSR count). The van der Waals surface area contributed by atoms with Crippen LogP contribution in [0, 0.1) is 0 Å². The van der Waals surface area contributed by atoms with Gasteiger partial charge in [0.2, 0.25) is 10.0 Å². The molecular formula is C12H21N3O4S2. The van der Waals surface area contributed by atoms with Crippen molar-refractivity contribution in [3.05, 3.63) is 18.3 Å². The Morgan fingerprint density at radius 1 is 1.29 bits per heavy atom. The molecule has 0 aliphatic heterocycles. The Kier molecular flexibility index (Phi) is 6.11. The molecule has 1 heterocycles. The SMILES string of the molecule is CCCNc1ncccc1S(=O)(=O)N(C)CCS(C)(=O)=O. The number of sulfone groups is 1. The molecule has 1 aromatic heterocycles. The second kappa shape index (κ2) is 7.19. The maximum atomic E-state index is 12.5. The maximum Gasteiger partial charge on any atom is 0.246 e. The number of nitrogens with one attached hydrogen (secondary N) is 1. The molecule has 7 nitrogen and oxygen atoms in total. The van der Waals surface area contributed by atoms with E-state index >= 15 is 0 Å². The van der Waals surface area contributed by atoms with E-state index in [1.807, 2.05) is 6.92 Å². The number of pyridine rings is 1. The first kappa shape index (κ1) is 17.9. The molecule has 0 spiro atoms. The Hall–Kier alpha value is -1.19. The van der Waals surface area contributed by atoms with Gasteiger partial charge in [0.15, 0.2) is 0 Å². The van der Waals surface area contributed by atoms with Gasteiger partial charge in [-0.2, -0.15) is 4.31 Å². The predicted octanol–water partition coefficient (Wildman–Crippen LogP) is 0.569. The summed E-state index contributed by atoms with van der Waals surface area (Å²) in [4.78, 5) is 4.09. The monoisotopic (exact) mass is 335 g/mol. The highest BCUT2D eigenvalue weighted by Crippen LogP contribution is 2.21. The number of anilines is 1. The molecule has 0 saturated heterocycles. The molecule has 0 fully saturated rings. The Labute approximate surface area is 126 Å². The molecule has 0 aliphatic rings. The number of sulfonamides is 1. The summed E-state index contributed by atoms with van der Waals surface area (Å²) in [5.74, 6) is 0.0614. The molecule has 21 heavy (non-hydrogen) atoms. The molecule has 120 valence electrons. The molecule has 0 unspecified atom stereocenters. The van der Waals surface area contributed by atoms with Crippen molar-refractivity contribution in [2.45, 2.75) is 18.2 Å². The standard InChI is InChI=1S/C12H21N3O4S2/c1-4-7-13-12-11(6-5-8-14-12)21(18,19)15(2)9-10-20(3,16)17/h5-6,8H,4,7,9-10H2,1-3H3,(H,13,14). The highest BCUT2D eigenvalue weighted by atomic mass is 32.2. The first-order valence-electron chi connectivity index (χ1n) is 6.51. The Morgan fingerprint density at radius 3 is 2.52 bits per heavy atom. The smallest absolute Gasteiger partial charge is 0.246 e. The lowest BCUT2D eigenvalue weighted by molar-refractivity contribution is 0.485. The quantitative estimate of drug-likeness (QED) is 0.746. The first-order chi connectivity index (χ1) is 9.68. The highest BCUT2D eigenvalue weighted by Gasteiger charge is 2.25. The lowest BCUT2D eigenvalue weighted by atomic mass is 10.4. The van der Waals surface area contributed by atoms with Crippen LogP contribution < -0.4 is 5.32 Å². The van der Waals surface area contributed by atoms with Crippen LogP contribution in [0.4, 0.5) is 5.82 Å². The fourth-order valence-corrected chi connectivity index (χ4v) is 3.57. The van der Waals surface area contributed by atoms with Gasteiger partial charge in [-0.15, -0.1) is 0 Å². The molecule has 0 atom stereocenters. The van der Waals surface area contributed by atoms with Crippen molar-refractivity contribution in [2.75, 3.05) is 37.5 Å². The van der Waals surface area contributed by atoms with Gasteiger partial charge in [0.25, 0.3) is 0 Å². The van der Waals surface area contributed by atoms with Crippen molar-refractivity contribution >= 4 is 25.7 Å². The third-order valence-corrected chi connectivity index (χ3v) is 5.59. The van der Waals surface area contributed by atoms with Gasteiger partial charge in [0, 0.05) is 32.6 Å². The summed E-state index contributed by atoms with van der Waals surface area (Å²) in [7, 11) is -5.64. The van der Waals surface area contributed by atoms with Crippen LogP contribution in [0.3, 0.4) is 0 Å². The maximum absolute atomic E-state index is 12.5. The summed E-state index contributed by atoms with van der Waals surface area (Å²) in [5.41, 5.74) is 0. The zero-order valence-corrected chi connectivity index (χ0v) is 14.0. The average Bonchev–Trinajstić information content (AvgIpc) is 2.41. The molecule has 0 saturated carbocycles. The van der Waals surface area contributed by atoms with Crippen molar-refractivity contribution in [1.82, 2.24) is 9.29 Å². The molecule has 0 bridgehead atoms. The molecule has 1 N–H and O–H groups in total. The third-order valence-electron chi connectivity index (χ3n) is 2.78. The molecule has 0 aliphatic carbocycles. The minimum atomic E-state index is -3.78. The van der Waals surface area contributed by atoms with E-state index in [0.717, 1.165) is 17.0 Å². The van der Waals surface area contributed by atoms with Crippen LogP contribution in [0.2, 0.25) is 0 Å². The van der Waals surface area contributed by atoms with E-state index in [4.69, 9.17) is 0 Å². The van der Waals surface area contributed by atoms with Gasteiger partial charge in [-0.1, -0.05) is 6.92 Å². The number of hydrogen-bond acceptors (Lipinski definition) is 6. The minimum Gasteiger partial charge on any atom is -0.369 e. The molecule has 0 aromatic carbocycles. The van der Waals surface area contributed by atoms with E-state index in [1.165, 1.54) is 25.4 Å². The number of hydrogen-bond donors (Lipinski definition) is 1. The lowest BCUT2D eigenvalue weighted by Gasteiger charge is -2.18. The van der Waals surface area contributed by atoms with Crippen molar-refractivity contribution < 1.29 is 16.8 Å². The second-order valence-electron chi connectivity index (χ2n) is 4.73. The van der Waals surface area contributed by atoms with Gasteiger partial charge < -0.3 is 5.32 Å². The van der Waals surface area contributed by atoms with Crippen molar-refractivity contribution in [2.24, 2.45) is 0 Å². The van der Waals surface area contributed by atoms with Gasteiger partial charge in [-0.3, -0.25) is 0 Å². The first-order valence-corrected chi connectivity index (χ1v) is 10.0. The van der Waals surface area contributed by atoms with Crippen LogP contribution in [0.25, 0.3) is 0 Å². The summed E-state index contributed by atoms with van der Waals surface area (Å²) >= 11 is 0. The molecule has 0 amide bonds. The summed E-state index contributed by atoms with van der Waals surface area (Å²) in [6, 6.07) is 2.99. The molecule has 9 heteroatoms. The zero-order chi connectivity index (χ0) is 16.1. The van der Waals surface area contributed by atoms with Gasteiger partial charge in [-0.05, 0) is 18.6 Å². The van der Waals surface area contributed by atoms with Crippen LogP contribution in [0.1, 0.15) is 13.3 Å². The largest absolute Gasteiger partial charge is 0.369 e. The van der Waals surface area contributed by atoms with E-state index in [-0.39, 0.29) is 23.0 Å². The number of rotatable bonds is 8. The number of aromatic nitrogens is 1. The van der Waals surface area contributed by atoms with Gasteiger partial charge in [0.1, 0.15) is 20.6 Å². The van der Waals surface area contributed by atoms with E-state index in [1.54, 1.807) is 0 Å². The molecule has 0 radical (unpaired) electrons. The van der Waals surface area contributed by atoms with E-state index in [0.29, 0.717) is 6.54 Å². The molecular weight excluding hydrogens is 314 g/mol. The van der Waals surface area contributed by atoms with Gasteiger partial charge >= 0.3 is 0 Å². The summed E-state index contributed by atoms with van der Waals surface area (Å²) < 4.78 is 48.3. The van der Waals surface area contributed by atoms with Crippen LogP contribution >= 0.6 is 0 Å². The normalized spacial score (nSPS) is 12.6. The summed E-state index contributed by atoms with van der Waals surface area (Å²) in [6.07, 6.45) is 3.42. The Morgan fingerprint density at radius 2 is 1.95 bits per heavy atom. The predicted molar refractivity (Wildman–Crippen MR) is 82.5 cm³/mol. The Balaban J connectivity index is 3.01. The Bertz CT molecular complexity index is 671. The molecule has 1 aromatic rings. The van der Waals surface area contributed by atoms with Gasteiger partial charge in [0.05, 0.1) is 5.75 Å². The third kappa shape index (κ3) is 5.25. The topological polar surface area (TPSA) is 96.4 Å². The average molecular weight is 335 g/mol. The number of nitrogens with zero attached hydrogens (tertiary/aromatic N) is 2. The zero-order valence-electron chi connectivity index (χ0n) is 12.4. The fourth-order valence-electron chi connectivity index (χ4n) is 1.56. The van der Waals surface area contributed by atoms with Gasteiger partial charge in [-0.25, -0.2) is 21.8 Å². The highest BCUT2D eigenvalue weighted by molar-refractivity contribution is 7.91. The van der Waals surface area contributed by atoms with Crippen LogP contribution in [-0.2, 0) is 19.9 Å². The van der Waals surface area contributed by atoms with E-state index in [9.17, 15) is 16.8 Å². The van der Waals surface area contributed by atoms with Crippen LogP contribution in [0.15, 0.2) is 23.2 Å². The van der Waals surface area contributed by atoms with Crippen molar-refractivity contribution in [3.8, 4) is 0 Å². The van der Waals surface area contributed by atoms with Crippen molar-refractivity contribution in [1.29, 1.82) is 0 Å².